The molecule has 0 spiro atoms. The molecule has 0 aliphatic heterocycles. The van der Waals surface area contributed by atoms with Crippen molar-refractivity contribution in [2.24, 2.45) is 0 Å². The molecule has 1 aromatic heterocycles. The van der Waals surface area contributed by atoms with Gasteiger partial charge in [-0.1, -0.05) is 68.4 Å². The Morgan fingerprint density at radius 2 is 1.50 bits per heavy atom. The number of aromatic nitrogens is 2. The fraction of sp³-hybridized carbons (Fsp3) is 0.130. The molecule has 4 aromatic rings. The van der Waals surface area contributed by atoms with E-state index in [0.717, 1.165) is 22.2 Å². The Morgan fingerprint density at radius 1 is 0.769 bits per heavy atom. The van der Waals surface area contributed by atoms with E-state index in [0.29, 0.717) is 5.95 Å². The van der Waals surface area contributed by atoms with E-state index < -0.39 is 0 Å². The average molecular weight is 337 g/mol. The number of nitrogens with two attached hydrogens (primary N) is 1. The summed E-state index contributed by atoms with van der Waals surface area (Å²) < 4.78 is 0. The second kappa shape index (κ2) is 5.15. The lowest BCUT2D eigenvalue weighted by Gasteiger charge is -2.22. The summed E-state index contributed by atoms with van der Waals surface area (Å²) in [6.45, 7) is 4.57. The van der Waals surface area contributed by atoms with Crippen molar-refractivity contribution in [2.75, 3.05) is 5.73 Å². The van der Waals surface area contributed by atoms with Crippen LogP contribution >= 0.6 is 0 Å². The van der Waals surface area contributed by atoms with Crippen molar-refractivity contribution in [3.05, 3.63) is 77.9 Å². The smallest absolute Gasteiger partial charge is 0.221 e. The van der Waals surface area contributed by atoms with Gasteiger partial charge in [0.15, 0.2) is 0 Å². The Kier molecular flexibility index (Phi) is 2.99. The van der Waals surface area contributed by atoms with E-state index in [9.17, 15) is 0 Å². The summed E-state index contributed by atoms with van der Waals surface area (Å²) in [4.78, 5) is 8.92. The molecule has 0 saturated heterocycles. The zero-order chi connectivity index (χ0) is 17.9. The molecule has 3 aromatic carbocycles. The number of rotatable bonds is 1. The second-order valence-corrected chi connectivity index (χ2v) is 7.38. The fourth-order valence-electron chi connectivity index (χ4n) is 4.17. The van der Waals surface area contributed by atoms with Crippen LogP contribution in [0.25, 0.3) is 33.3 Å². The van der Waals surface area contributed by atoms with Crippen molar-refractivity contribution in [3.8, 4) is 22.4 Å². The largest absolute Gasteiger partial charge is 0.368 e. The van der Waals surface area contributed by atoms with Crippen LogP contribution in [0.2, 0.25) is 0 Å². The van der Waals surface area contributed by atoms with Crippen LogP contribution in [0.3, 0.4) is 0 Å². The van der Waals surface area contributed by atoms with Gasteiger partial charge in [0.05, 0.1) is 11.2 Å². The molecule has 0 fully saturated rings. The van der Waals surface area contributed by atoms with Gasteiger partial charge in [-0.15, -0.1) is 0 Å². The molecule has 3 heteroatoms. The van der Waals surface area contributed by atoms with Gasteiger partial charge >= 0.3 is 0 Å². The molecule has 1 heterocycles. The summed E-state index contributed by atoms with van der Waals surface area (Å²) in [5, 5.41) is 1.02. The third-order valence-electron chi connectivity index (χ3n) is 5.48. The van der Waals surface area contributed by atoms with Crippen LogP contribution in [0, 0.1) is 0 Å². The number of fused-ring (bicyclic) bond motifs is 4. The molecule has 26 heavy (non-hydrogen) atoms. The summed E-state index contributed by atoms with van der Waals surface area (Å²) in [6.07, 6.45) is 0. The molecule has 0 unspecified atom stereocenters. The Balaban J connectivity index is 1.77. The van der Waals surface area contributed by atoms with Gasteiger partial charge in [0.1, 0.15) is 0 Å². The summed E-state index contributed by atoms with van der Waals surface area (Å²) in [5.74, 6) is 0.307. The molecule has 0 bridgehead atoms. The van der Waals surface area contributed by atoms with E-state index in [4.69, 9.17) is 5.73 Å². The van der Waals surface area contributed by atoms with Gasteiger partial charge in [0.2, 0.25) is 5.95 Å². The highest BCUT2D eigenvalue weighted by molar-refractivity contribution is 5.94. The first-order valence-electron chi connectivity index (χ1n) is 8.83. The molecule has 0 radical (unpaired) electrons. The Morgan fingerprint density at radius 3 is 2.38 bits per heavy atom. The molecule has 1 aliphatic carbocycles. The number of hydrogen-bond donors (Lipinski definition) is 1. The third kappa shape index (κ3) is 2.00. The monoisotopic (exact) mass is 337 g/mol. The lowest BCUT2D eigenvalue weighted by molar-refractivity contribution is 0.660. The molecule has 126 valence electrons. The number of nitrogens with zero attached hydrogens (tertiary/aromatic N) is 2. The van der Waals surface area contributed by atoms with E-state index in [1.165, 1.54) is 22.3 Å². The summed E-state index contributed by atoms with van der Waals surface area (Å²) in [6, 6.07) is 23.3. The van der Waals surface area contributed by atoms with Gasteiger partial charge in [-0.05, 0) is 34.4 Å². The highest BCUT2D eigenvalue weighted by Crippen LogP contribution is 2.49. The predicted molar refractivity (Wildman–Crippen MR) is 107 cm³/mol. The van der Waals surface area contributed by atoms with Crippen molar-refractivity contribution >= 4 is 16.9 Å². The standard InChI is InChI=1S/C23H19N3/c1-23(2)18-9-5-3-7-15(18)16-12-11-14(13-19(16)23)21-17-8-4-6-10-20(17)25-22(24)26-21/h3-13H,1-2H3,(H2,24,25,26). The maximum Gasteiger partial charge on any atom is 0.221 e. The maximum atomic E-state index is 5.97. The van der Waals surface area contributed by atoms with E-state index in [2.05, 4.69) is 72.3 Å². The van der Waals surface area contributed by atoms with Crippen molar-refractivity contribution < 1.29 is 0 Å². The minimum absolute atomic E-state index is 0.0314. The second-order valence-electron chi connectivity index (χ2n) is 7.38. The van der Waals surface area contributed by atoms with Gasteiger partial charge in [0.25, 0.3) is 0 Å². The van der Waals surface area contributed by atoms with E-state index in [1.54, 1.807) is 0 Å². The van der Waals surface area contributed by atoms with E-state index in [1.807, 2.05) is 18.2 Å². The lowest BCUT2D eigenvalue weighted by atomic mass is 9.82. The number of anilines is 1. The van der Waals surface area contributed by atoms with Crippen molar-refractivity contribution in [2.45, 2.75) is 19.3 Å². The molecule has 3 nitrogen and oxygen atoms in total. The van der Waals surface area contributed by atoms with Crippen molar-refractivity contribution in [1.82, 2.24) is 9.97 Å². The minimum atomic E-state index is -0.0314. The average Bonchev–Trinajstić information content (AvgIpc) is 2.89. The third-order valence-corrected chi connectivity index (χ3v) is 5.48. The molecule has 5 rings (SSSR count). The molecule has 0 atom stereocenters. The van der Waals surface area contributed by atoms with Crippen molar-refractivity contribution in [1.29, 1.82) is 0 Å². The van der Waals surface area contributed by atoms with Gasteiger partial charge < -0.3 is 5.73 Å². The molecule has 1 aliphatic rings. The number of para-hydroxylation sites is 1. The van der Waals surface area contributed by atoms with Crippen LogP contribution in [0.1, 0.15) is 25.0 Å². The van der Waals surface area contributed by atoms with Gasteiger partial charge in [-0.2, -0.15) is 0 Å². The maximum absolute atomic E-state index is 5.97. The first-order valence-corrected chi connectivity index (χ1v) is 8.83. The number of nitrogen functional groups attached to an aromatic ring is 1. The van der Waals surface area contributed by atoms with Gasteiger partial charge in [-0.3, -0.25) is 0 Å². The topological polar surface area (TPSA) is 51.8 Å². The first kappa shape index (κ1) is 15.1. The van der Waals surface area contributed by atoms with Crippen molar-refractivity contribution in [3.63, 3.8) is 0 Å². The van der Waals surface area contributed by atoms with Crippen LogP contribution in [0.5, 0.6) is 0 Å². The predicted octanol–water partition coefficient (Wildman–Crippen LogP) is 5.19. The Labute approximate surface area is 152 Å². The normalized spacial score (nSPS) is 14.2. The highest BCUT2D eigenvalue weighted by atomic mass is 15.0. The molecule has 0 saturated carbocycles. The first-order chi connectivity index (χ1) is 12.6. The van der Waals surface area contributed by atoms with Gasteiger partial charge in [0, 0.05) is 16.4 Å². The van der Waals surface area contributed by atoms with Crippen LogP contribution in [-0.2, 0) is 5.41 Å². The quantitative estimate of drug-likeness (QED) is 0.520. The lowest BCUT2D eigenvalue weighted by Crippen LogP contribution is -2.15. The Hall–Kier alpha value is -3.20. The highest BCUT2D eigenvalue weighted by Gasteiger charge is 2.35. The molecule has 0 amide bonds. The minimum Gasteiger partial charge on any atom is -0.368 e. The number of hydrogen-bond acceptors (Lipinski definition) is 3. The number of benzene rings is 3. The van der Waals surface area contributed by atoms with Gasteiger partial charge in [-0.25, -0.2) is 9.97 Å². The van der Waals surface area contributed by atoms with Crippen LogP contribution in [0.15, 0.2) is 66.7 Å². The zero-order valence-corrected chi connectivity index (χ0v) is 14.8. The molecule has 2 N–H and O–H groups in total. The SMILES string of the molecule is CC1(C)c2ccccc2-c2ccc(-c3nc(N)nc4ccccc34)cc21. The van der Waals surface area contributed by atoms with Crippen LogP contribution in [-0.4, -0.2) is 9.97 Å². The molecular formula is C23H19N3. The zero-order valence-electron chi connectivity index (χ0n) is 14.8. The summed E-state index contributed by atoms with van der Waals surface area (Å²) in [5.41, 5.74) is 14.1. The van der Waals surface area contributed by atoms with Crippen LogP contribution in [0.4, 0.5) is 5.95 Å². The Bertz CT molecular complexity index is 1180. The fourth-order valence-corrected chi connectivity index (χ4v) is 4.17. The van der Waals surface area contributed by atoms with E-state index in [-0.39, 0.29) is 5.41 Å². The van der Waals surface area contributed by atoms with Crippen LogP contribution < -0.4 is 5.73 Å². The summed E-state index contributed by atoms with van der Waals surface area (Å²) >= 11 is 0. The summed E-state index contributed by atoms with van der Waals surface area (Å²) in [7, 11) is 0. The molecular weight excluding hydrogens is 318 g/mol. The van der Waals surface area contributed by atoms with E-state index >= 15 is 0 Å².